The summed E-state index contributed by atoms with van der Waals surface area (Å²) >= 11 is 0. The van der Waals surface area contributed by atoms with E-state index in [0.717, 1.165) is 9.13 Å². The molecular formula is C21H43N3O9Si2. The normalized spacial score (nSPS) is 12.4. The molecule has 0 saturated heterocycles. The summed E-state index contributed by atoms with van der Waals surface area (Å²) in [7, 11) is -5.82. The molecule has 0 unspecified atom stereocenters. The molecule has 1 N–H and O–H groups in total. The third kappa shape index (κ3) is 9.53. The standard InChI is InChI=1S/C21H43N3O9Si2/c1-7-28-34(29-8-2,30-9-3)17-13-15-23-19(25)22-20(26)24(21(23)27)16-14-18-35(31-10-4,32-11-5)33-12-6/h7-18H2,1-6H3,(H,22,25,26). The van der Waals surface area contributed by atoms with Gasteiger partial charge in [-0.25, -0.2) is 23.5 Å². The van der Waals surface area contributed by atoms with Crippen molar-refractivity contribution in [2.75, 3.05) is 39.6 Å². The van der Waals surface area contributed by atoms with Gasteiger partial charge in [0.05, 0.1) is 0 Å². The van der Waals surface area contributed by atoms with Crippen LogP contribution >= 0.6 is 0 Å². The molecule has 1 heterocycles. The molecule has 0 aliphatic carbocycles. The fourth-order valence-electron chi connectivity index (χ4n) is 3.85. The lowest BCUT2D eigenvalue weighted by molar-refractivity contribution is 0.0698. The summed E-state index contributed by atoms with van der Waals surface area (Å²) in [5.74, 6) is 0. The number of aromatic nitrogens is 3. The van der Waals surface area contributed by atoms with Crippen LogP contribution in [0.2, 0.25) is 12.1 Å². The van der Waals surface area contributed by atoms with Gasteiger partial charge < -0.3 is 26.6 Å². The minimum atomic E-state index is -2.91. The van der Waals surface area contributed by atoms with Gasteiger partial charge >= 0.3 is 34.7 Å². The van der Waals surface area contributed by atoms with Crippen molar-refractivity contribution in [1.82, 2.24) is 14.1 Å². The third-order valence-electron chi connectivity index (χ3n) is 5.08. The van der Waals surface area contributed by atoms with Gasteiger partial charge in [-0.3, -0.25) is 4.98 Å². The lowest BCUT2D eigenvalue weighted by atomic mass is 10.4. The van der Waals surface area contributed by atoms with Crippen LogP contribution in [0.25, 0.3) is 0 Å². The lowest BCUT2D eigenvalue weighted by Crippen LogP contribution is -2.51. The molecular weight excluding hydrogens is 494 g/mol. The summed E-state index contributed by atoms with van der Waals surface area (Å²) < 4.78 is 37.0. The fraction of sp³-hybridized carbons (Fsp3) is 0.857. The maximum absolute atomic E-state index is 13.0. The summed E-state index contributed by atoms with van der Waals surface area (Å²) in [4.78, 5) is 40.0. The van der Waals surface area contributed by atoms with E-state index in [1.165, 1.54) is 0 Å². The molecule has 1 aromatic rings. The largest absolute Gasteiger partial charge is 0.500 e. The minimum absolute atomic E-state index is 0.103. The van der Waals surface area contributed by atoms with Crippen molar-refractivity contribution in [3.05, 3.63) is 31.5 Å². The van der Waals surface area contributed by atoms with Gasteiger partial charge in [-0.2, -0.15) is 0 Å². The zero-order chi connectivity index (χ0) is 26.3. The average molecular weight is 538 g/mol. The smallest absolute Gasteiger partial charge is 0.374 e. The van der Waals surface area contributed by atoms with Crippen LogP contribution in [-0.4, -0.2) is 71.4 Å². The monoisotopic (exact) mass is 537 g/mol. The molecule has 1 aromatic heterocycles. The van der Waals surface area contributed by atoms with Crippen LogP contribution < -0.4 is 17.1 Å². The first-order valence-electron chi connectivity index (χ1n) is 12.5. The van der Waals surface area contributed by atoms with Gasteiger partial charge in [0.1, 0.15) is 0 Å². The van der Waals surface area contributed by atoms with Crippen LogP contribution in [0.4, 0.5) is 0 Å². The summed E-state index contributed by atoms with van der Waals surface area (Å²) in [6.07, 6.45) is 0.838. The molecule has 204 valence electrons. The number of nitrogens with one attached hydrogen (secondary N) is 1. The van der Waals surface area contributed by atoms with Gasteiger partial charge in [0, 0.05) is 64.8 Å². The van der Waals surface area contributed by atoms with E-state index < -0.39 is 34.7 Å². The van der Waals surface area contributed by atoms with E-state index in [2.05, 4.69) is 4.98 Å². The molecule has 0 bridgehead atoms. The van der Waals surface area contributed by atoms with Crippen molar-refractivity contribution in [1.29, 1.82) is 0 Å². The number of rotatable bonds is 20. The van der Waals surface area contributed by atoms with E-state index in [9.17, 15) is 14.4 Å². The molecule has 0 atom stereocenters. The summed E-state index contributed by atoms with van der Waals surface area (Å²) in [5.41, 5.74) is -2.14. The van der Waals surface area contributed by atoms with Crippen LogP contribution in [0.1, 0.15) is 54.4 Å². The fourth-order valence-corrected chi connectivity index (χ4v) is 9.04. The second-order valence-corrected chi connectivity index (χ2v) is 13.0. The van der Waals surface area contributed by atoms with Crippen molar-refractivity contribution in [2.45, 2.75) is 79.6 Å². The topological polar surface area (TPSA) is 132 Å². The summed E-state index contributed by atoms with van der Waals surface area (Å²) in [6, 6.07) is 0.886. The highest BCUT2D eigenvalue weighted by atomic mass is 28.4. The van der Waals surface area contributed by atoms with Crippen LogP contribution in [0, 0.1) is 0 Å². The van der Waals surface area contributed by atoms with Crippen LogP contribution in [0.3, 0.4) is 0 Å². The maximum atomic E-state index is 13.0. The van der Waals surface area contributed by atoms with Crippen molar-refractivity contribution in [3.8, 4) is 0 Å². The molecule has 0 amide bonds. The third-order valence-corrected chi connectivity index (χ3v) is 11.4. The number of hydrogen-bond acceptors (Lipinski definition) is 9. The Balaban J connectivity index is 3.01. The number of H-pyrrole nitrogens is 1. The van der Waals surface area contributed by atoms with Crippen molar-refractivity contribution < 1.29 is 26.6 Å². The zero-order valence-electron chi connectivity index (χ0n) is 22.1. The second-order valence-electron chi connectivity index (χ2n) is 7.49. The first-order valence-corrected chi connectivity index (χ1v) is 16.4. The van der Waals surface area contributed by atoms with E-state index in [-0.39, 0.29) is 13.1 Å². The number of nitrogens with zero attached hydrogens (tertiary/aromatic N) is 2. The Hall–Kier alpha value is -1.40. The highest BCUT2D eigenvalue weighted by Gasteiger charge is 2.40. The van der Waals surface area contributed by atoms with Crippen LogP contribution in [-0.2, 0) is 39.6 Å². The van der Waals surface area contributed by atoms with Gasteiger partial charge in [0.15, 0.2) is 0 Å². The Morgan fingerprint density at radius 2 is 0.857 bits per heavy atom. The molecule has 14 heteroatoms. The SMILES string of the molecule is CCO[Si](CCCn1c(=O)[nH]c(=O)n(CCC[Si](OCC)(OCC)OCC)c1=O)(OCC)OCC. The van der Waals surface area contributed by atoms with Crippen LogP contribution in [0.15, 0.2) is 14.4 Å². The molecule has 0 aliphatic rings. The van der Waals surface area contributed by atoms with Gasteiger partial charge in [-0.05, 0) is 54.4 Å². The molecule has 0 spiro atoms. The highest BCUT2D eigenvalue weighted by Crippen LogP contribution is 2.19. The Labute approximate surface area is 209 Å². The Morgan fingerprint density at radius 1 is 0.571 bits per heavy atom. The molecule has 0 saturated carbocycles. The van der Waals surface area contributed by atoms with Crippen molar-refractivity contribution in [3.63, 3.8) is 0 Å². The first kappa shape index (κ1) is 31.6. The lowest BCUT2D eigenvalue weighted by Gasteiger charge is -2.28. The van der Waals surface area contributed by atoms with Crippen molar-refractivity contribution in [2.24, 2.45) is 0 Å². The van der Waals surface area contributed by atoms with E-state index >= 15 is 0 Å². The second kappa shape index (κ2) is 16.4. The quantitative estimate of drug-likeness (QED) is 0.246. The molecule has 0 radical (unpaired) electrons. The first-order chi connectivity index (χ1) is 16.8. The molecule has 1 rings (SSSR count). The number of hydrogen-bond donors (Lipinski definition) is 1. The van der Waals surface area contributed by atoms with E-state index in [4.69, 9.17) is 26.6 Å². The summed E-state index contributed by atoms with van der Waals surface area (Å²) in [6.45, 7) is 14.0. The molecule has 12 nitrogen and oxygen atoms in total. The van der Waals surface area contributed by atoms with Gasteiger partial charge in [0.2, 0.25) is 0 Å². The van der Waals surface area contributed by atoms with E-state index in [1.807, 2.05) is 41.5 Å². The predicted molar refractivity (Wildman–Crippen MR) is 136 cm³/mol. The molecule has 0 aromatic carbocycles. The Morgan fingerprint density at radius 3 is 1.11 bits per heavy atom. The van der Waals surface area contributed by atoms with Gasteiger partial charge in [-0.1, -0.05) is 0 Å². The van der Waals surface area contributed by atoms with Crippen LogP contribution in [0.5, 0.6) is 0 Å². The van der Waals surface area contributed by atoms with Gasteiger partial charge in [-0.15, -0.1) is 0 Å². The van der Waals surface area contributed by atoms with Crippen molar-refractivity contribution >= 4 is 17.6 Å². The Bertz CT molecular complexity index is 802. The predicted octanol–water partition coefficient (Wildman–Crippen LogP) is 1.58. The summed E-state index contributed by atoms with van der Waals surface area (Å²) in [5, 5.41) is 0. The molecule has 0 aliphatic heterocycles. The van der Waals surface area contributed by atoms with Gasteiger partial charge in [0.25, 0.3) is 0 Å². The zero-order valence-corrected chi connectivity index (χ0v) is 24.1. The minimum Gasteiger partial charge on any atom is -0.374 e. The number of aromatic amines is 1. The molecule has 0 fully saturated rings. The highest BCUT2D eigenvalue weighted by molar-refractivity contribution is 6.61. The van der Waals surface area contributed by atoms with E-state index in [1.54, 1.807) is 0 Å². The molecule has 35 heavy (non-hydrogen) atoms. The maximum Gasteiger partial charge on any atom is 0.500 e. The van der Waals surface area contributed by atoms with E-state index in [0.29, 0.717) is 64.6 Å². The Kier molecular flexibility index (Phi) is 14.8. The average Bonchev–Trinajstić information content (AvgIpc) is 2.79.